The molecule has 122 valence electrons. The molecule has 0 spiro atoms. The Balaban J connectivity index is 1.83. The zero-order chi connectivity index (χ0) is 16.2. The number of carbonyl (C=O) groups excluding carboxylic acids is 1. The van der Waals surface area contributed by atoms with E-state index in [2.05, 4.69) is 36.1 Å². The summed E-state index contributed by atoms with van der Waals surface area (Å²) in [5.41, 5.74) is 2.31. The molecular weight excluding hydrogens is 276 g/mol. The number of rotatable bonds is 3. The van der Waals surface area contributed by atoms with Gasteiger partial charge < -0.3 is 9.64 Å². The monoisotopic (exact) mass is 304 g/mol. The van der Waals surface area contributed by atoms with E-state index in [1.807, 2.05) is 25.7 Å². The van der Waals surface area contributed by atoms with Crippen molar-refractivity contribution in [2.24, 2.45) is 0 Å². The minimum atomic E-state index is -0.422. The van der Waals surface area contributed by atoms with Crippen LogP contribution in [-0.4, -0.2) is 47.7 Å². The van der Waals surface area contributed by atoms with Gasteiger partial charge in [-0.3, -0.25) is 4.90 Å². The van der Waals surface area contributed by atoms with Crippen LogP contribution in [0.2, 0.25) is 0 Å². The van der Waals surface area contributed by atoms with Crippen molar-refractivity contribution in [1.29, 1.82) is 0 Å². The lowest BCUT2D eigenvalue weighted by Gasteiger charge is -2.35. The summed E-state index contributed by atoms with van der Waals surface area (Å²) in [5, 5.41) is 0. The molecule has 1 heterocycles. The summed E-state index contributed by atoms with van der Waals surface area (Å²) >= 11 is 0. The Kier molecular flexibility index (Phi) is 5.46. The smallest absolute Gasteiger partial charge is 0.410 e. The van der Waals surface area contributed by atoms with E-state index in [4.69, 9.17) is 4.74 Å². The fraction of sp³-hybridized carbons (Fsp3) is 0.611. The molecule has 4 nitrogen and oxygen atoms in total. The van der Waals surface area contributed by atoms with E-state index >= 15 is 0 Å². The standard InChI is InChI=1S/C18H28N2O2/c1-5-15-7-6-8-16(13-15)14-19-9-11-20(12-10-19)17(21)22-18(2,3)4/h6-8,13H,5,9-12,14H2,1-4H3. The van der Waals surface area contributed by atoms with E-state index in [1.54, 1.807) is 0 Å². The third kappa shape index (κ3) is 5.02. The zero-order valence-electron chi connectivity index (χ0n) is 14.3. The minimum Gasteiger partial charge on any atom is -0.444 e. The van der Waals surface area contributed by atoms with Crippen LogP contribution in [0.3, 0.4) is 0 Å². The number of benzene rings is 1. The number of ether oxygens (including phenoxy) is 1. The van der Waals surface area contributed by atoms with Crippen molar-refractivity contribution in [3.8, 4) is 0 Å². The van der Waals surface area contributed by atoms with Crippen LogP contribution in [0.5, 0.6) is 0 Å². The van der Waals surface area contributed by atoms with Gasteiger partial charge in [0, 0.05) is 32.7 Å². The third-order valence-electron chi connectivity index (χ3n) is 3.83. The zero-order valence-corrected chi connectivity index (χ0v) is 14.3. The van der Waals surface area contributed by atoms with E-state index in [0.717, 1.165) is 39.1 Å². The van der Waals surface area contributed by atoms with Crippen LogP contribution in [0.15, 0.2) is 24.3 Å². The predicted molar refractivity (Wildman–Crippen MR) is 88.9 cm³/mol. The maximum Gasteiger partial charge on any atom is 0.410 e. The number of piperazine rings is 1. The topological polar surface area (TPSA) is 32.8 Å². The highest BCUT2D eigenvalue weighted by Crippen LogP contribution is 2.14. The molecule has 22 heavy (non-hydrogen) atoms. The van der Waals surface area contributed by atoms with E-state index in [9.17, 15) is 4.79 Å². The van der Waals surface area contributed by atoms with Crippen LogP contribution in [0.25, 0.3) is 0 Å². The lowest BCUT2D eigenvalue weighted by molar-refractivity contribution is 0.0139. The Bertz CT molecular complexity index is 500. The van der Waals surface area contributed by atoms with Crippen molar-refractivity contribution in [3.05, 3.63) is 35.4 Å². The molecule has 0 unspecified atom stereocenters. The van der Waals surface area contributed by atoms with Crippen LogP contribution in [-0.2, 0) is 17.7 Å². The number of hydrogen-bond acceptors (Lipinski definition) is 3. The number of hydrogen-bond donors (Lipinski definition) is 0. The van der Waals surface area contributed by atoms with Crippen molar-refractivity contribution < 1.29 is 9.53 Å². The predicted octanol–water partition coefficient (Wildman–Crippen LogP) is 3.30. The molecule has 0 N–H and O–H groups in total. The van der Waals surface area contributed by atoms with E-state index in [-0.39, 0.29) is 6.09 Å². The number of aryl methyl sites for hydroxylation is 1. The van der Waals surface area contributed by atoms with Gasteiger partial charge in [0.1, 0.15) is 5.60 Å². The van der Waals surface area contributed by atoms with Crippen LogP contribution >= 0.6 is 0 Å². The Morgan fingerprint density at radius 2 is 1.77 bits per heavy atom. The van der Waals surface area contributed by atoms with E-state index in [0.29, 0.717) is 0 Å². The molecule has 4 heteroatoms. The van der Waals surface area contributed by atoms with Gasteiger partial charge in [-0.1, -0.05) is 31.2 Å². The van der Waals surface area contributed by atoms with Crippen LogP contribution in [0.4, 0.5) is 4.79 Å². The number of carbonyl (C=O) groups is 1. The van der Waals surface area contributed by atoms with Gasteiger partial charge in [0.2, 0.25) is 0 Å². The molecule has 2 rings (SSSR count). The second-order valence-corrected chi connectivity index (χ2v) is 6.92. The number of amides is 1. The molecule has 1 amide bonds. The largest absolute Gasteiger partial charge is 0.444 e. The maximum absolute atomic E-state index is 12.0. The highest BCUT2D eigenvalue weighted by Gasteiger charge is 2.25. The molecular formula is C18H28N2O2. The second-order valence-electron chi connectivity index (χ2n) is 6.92. The van der Waals surface area contributed by atoms with Crippen molar-refractivity contribution in [2.45, 2.75) is 46.3 Å². The summed E-state index contributed by atoms with van der Waals surface area (Å²) in [7, 11) is 0. The SMILES string of the molecule is CCc1cccc(CN2CCN(C(=O)OC(C)(C)C)CC2)c1. The minimum absolute atomic E-state index is 0.194. The summed E-state index contributed by atoms with van der Waals surface area (Å²) in [4.78, 5) is 16.3. The van der Waals surface area contributed by atoms with Crippen molar-refractivity contribution in [1.82, 2.24) is 9.80 Å². The van der Waals surface area contributed by atoms with Gasteiger partial charge in [0.15, 0.2) is 0 Å². The summed E-state index contributed by atoms with van der Waals surface area (Å²) in [6, 6.07) is 8.76. The fourth-order valence-electron chi connectivity index (χ4n) is 2.62. The fourth-order valence-corrected chi connectivity index (χ4v) is 2.62. The van der Waals surface area contributed by atoms with Crippen LogP contribution < -0.4 is 0 Å². The quantitative estimate of drug-likeness (QED) is 0.859. The molecule has 0 radical (unpaired) electrons. The molecule has 1 saturated heterocycles. The van der Waals surface area contributed by atoms with Crippen molar-refractivity contribution in [3.63, 3.8) is 0 Å². The molecule has 1 aromatic rings. The maximum atomic E-state index is 12.0. The van der Waals surface area contributed by atoms with Crippen molar-refractivity contribution in [2.75, 3.05) is 26.2 Å². The van der Waals surface area contributed by atoms with Gasteiger partial charge in [-0.25, -0.2) is 4.79 Å². The first-order valence-corrected chi connectivity index (χ1v) is 8.15. The average molecular weight is 304 g/mol. The number of nitrogens with zero attached hydrogens (tertiary/aromatic N) is 2. The Morgan fingerprint density at radius 3 is 2.36 bits per heavy atom. The van der Waals surface area contributed by atoms with Crippen molar-refractivity contribution >= 4 is 6.09 Å². The molecule has 1 aromatic carbocycles. The highest BCUT2D eigenvalue weighted by molar-refractivity contribution is 5.68. The first-order chi connectivity index (χ1) is 10.4. The van der Waals surface area contributed by atoms with E-state index < -0.39 is 5.60 Å². The van der Waals surface area contributed by atoms with Crippen LogP contribution in [0.1, 0.15) is 38.8 Å². The lowest BCUT2D eigenvalue weighted by atomic mass is 10.1. The van der Waals surface area contributed by atoms with Gasteiger partial charge in [0.25, 0.3) is 0 Å². The van der Waals surface area contributed by atoms with Gasteiger partial charge in [-0.15, -0.1) is 0 Å². The second kappa shape index (κ2) is 7.14. The van der Waals surface area contributed by atoms with Gasteiger partial charge >= 0.3 is 6.09 Å². The summed E-state index contributed by atoms with van der Waals surface area (Å²) in [6.07, 6.45) is 0.875. The van der Waals surface area contributed by atoms with E-state index in [1.165, 1.54) is 11.1 Å². The molecule has 0 saturated carbocycles. The lowest BCUT2D eigenvalue weighted by Crippen LogP contribution is -2.49. The molecule has 0 atom stereocenters. The summed E-state index contributed by atoms with van der Waals surface area (Å²) in [6.45, 7) is 12.1. The van der Waals surface area contributed by atoms with Gasteiger partial charge in [-0.2, -0.15) is 0 Å². The molecule has 0 aromatic heterocycles. The average Bonchev–Trinajstić information content (AvgIpc) is 2.46. The Labute approximate surface area is 134 Å². The van der Waals surface area contributed by atoms with Gasteiger partial charge in [-0.05, 0) is 38.3 Å². The third-order valence-corrected chi connectivity index (χ3v) is 3.83. The first-order valence-electron chi connectivity index (χ1n) is 8.15. The molecule has 1 fully saturated rings. The molecule has 0 bridgehead atoms. The molecule has 1 aliphatic rings. The molecule has 1 aliphatic heterocycles. The normalized spacial score (nSPS) is 16.6. The summed E-state index contributed by atoms with van der Waals surface area (Å²) in [5.74, 6) is 0. The highest BCUT2D eigenvalue weighted by atomic mass is 16.6. The first kappa shape index (κ1) is 16.8. The van der Waals surface area contributed by atoms with Crippen LogP contribution in [0, 0.1) is 0 Å². The Hall–Kier alpha value is -1.55. The summed E-state index contributed by atoms with van der Waals surface area (Å²) < 4.78 is 5.43. The molecule has 0 aliphatic carbocycles. The van der Waals surface area contributed by atoms with Gasteiger partial charge in [0.05, 0.1) is 0 Å². The Morgan fingerprint density at radius 1 is 1.14 bits per heavy atom.